The van der Waals surface area contributed by atoms with Gasteiger partial charge in [-0.1, -0.05) is 26.0 Å². The molecule has 2 aromatic rings. The van der Waals surface area contributed by atoms with Gasteiger partial charge in [-0.25, -0.2) is 5.43 Å². The van der Waals surface area contributed by atoms with E-state index in [4.69, 9.17) is 4.74 Å². The van der Waals surface area contributed by atoms with Crippen LogP contribution < -0.4 is 15.5 Å². The SMILES string of the molecule is Cc1ccc(C)c(NC(=O)CCC(=O)NN=Cc2ccc(OCC(C)C)cc2)c1. The lowest BCUT2D eigenvalue weighted by Gasteiger charge is -2.09. The van der Waals surface area contributed by atoms with Crippen LogP contribution in [0.2, 0.25) is 0 Å². The second-order valence-electron chi connectivity index (χ2n) is 7.43. The van der Waals surface area contributed by atoms with Gasteiger partial charge in [0.25, 0.3) is 0 Å². The van der Waals surface area contributed by atoms with Gasteiger partial charge in [0.1, 0.15) is 5.75 Å². The van der Waals surface area contributed by atoms with E-state index in [1.54, 1.807) is 6.21 Å². The highest BCUT2D eigenvalue weighted by molar-refractivity contribution is 5.94. The Hall–Kier alpha value is -3.15. The molecule has 0 saturated heterocycles. The van der Waals surface area contributed by atoms with Gasteiger partial charge >= 0.3 is 0 Å². The molecule has 2 N–H and O–H groups in total. The topological polar surface area (TPSA) is 79.8 Å². The highest BCUT2D eigenvalue weighted by Gasteiger charge is 2.08. The molecule has 6 nitrogen and oxygen atoms in total. The molecule has 0 spiro atoms. The minimum absolute atomic E-state index is 0.0655. The third kappa shape index (κ3) is 8.17. The zero-order valence-corrected chi connectivity index (χ0v) is 17.5. The largest absolute Gasteiger partial charge is 0.493 e. The quantitative estimate of drug-likeness (QED) is 0.493. The van der Waals surface area contributed by atoms with E-state index in [0.29, 0.717) is 12.5 Å². The zero-order valence-electron chi connectivity index (χ0n) is 17.5. The summed E-state index contributed by atoms with van der Waals surface area (Å²) in [5.74, 6) is 0.758. The molecule has 2 aromatic carbocycles. The van der Waals surface area contributed by atoms with Crippen molar-refractivity contribution >= 4 is 23.7 Å². The highest BCUT2D eigenvalue weighted by Crippen LogP contribution is 2.16. The van der Waals surface area contributed by atoms with Crippen molar-refractivity contribution in [3.63, 3.8) is 0 Å². The van der Waals surface area contributed by atoms with Gasteiger partial charge in [0.05, 0.1) is 12.8 Å². The Balaban J connectivity index is 1.73. The van der Waals surface area contributed by atoms with Crippen LogP contribution in [0.5, 0.6) is 5.75 Å². The van der Waals surface area contributed by atoms with E-state index in [2.05, 4.69) is 29.7 Å². The number of hydrazone groups is 1. The molecule has 0 aliphatic rings. The van der Waals surface area contributed by atoms with Crippen molar-refractivity contribution in [1.29, 1.82) is 0 Å². The third-order valence-corrected chi connectivity index (χ3v) is 4.11. The number of aryl methyl sites for hydroxylation is 2. The first kappa shape index (κ1) is 22.1. The fourth-order valence-corrected chi connectivity index (χ4v) is 2.46. The Morgan fingerprint density at radius 1 is 1.03 bits per heavy atom. The molecule has 0 heterocycles. The number of amides is 2. The summed E-state index contributed by atoms with van der Waals surface area (Å²) >= 11 is 0. The molecule has 0 saturated carbocycles. The first-order valence-corrected chi connectivity index (χ1v) is 9.75. The molecule has 0 radical (unpaired) electrons. The van der Waals surface area contributed by atoms with E-state index in [1.807, 2.05) is 56.3 Å². The lowest BCUT2D eigenvalue weighted by Crippen LogP contribution is -2.20. The van der Waals surface area contributed by atoms with Gasteiger partial charge in [0, 0.05) is 18.5 Å². The number of hydrogen-bond donors (Lipinski definition) is 2. The molecule has 0 aromatic heterocycles. The van der Waals surface area contributed by atoms with Crippen LogP contribution in [0.15, 0.2) is 47.6 Å². The van der Waals surface area contributed by atoms with Crippen LogP contribution in [0.3, 0.4) is 0 Å². The van der Waals surface area contributed by atoms with Gasteiger partial charge in [-0.2, -0.15) is 5.10 Å². The van der Waals surface area contributed by atoms with Crippen molar-refractivity contribution in [1.82, 2.24) is 5.43 Å². The molecule has 0 aliphatic heterocycles. The lowest BCUT2D eigenvalue weighted by molar-refractivity contribution is -0.124. The Morgan fingerprint density at radius 2 is 1.72 bits per heavy atom. The molecular weight excluding hydrogens is 366 g/mol. The molecular formula is C23H29N3O3. The van der Waals surface area contributed by atoms with Crippen LogP contribution in [-0.2, 0) is 9.59 Å². The van der Waals surface area contributed by atoms with E-state index >= 15 is 0 Å². The highest BCUT2D eigenvalue weighted by atomic mass is 16.5. The van der Waals surface area contributed by atoms with Gasteiger partial charge in [0.15, 0.2) is 0 Å². The molecule has 0 bridgehead atoms. The number of rotatable bonds is 9. The smallest absolute Gasteiger partial charge is 0.240 e. The van der Waals surface area contributed by atoms with Gasteiger partial charge in [-0.05, 0) is 66.8 Å². The van der Waals surface area contributed by atoms with E-state index in [0.717, 1.165) is 28.1 Å². The Morgan fingerprint density at radius 3 is 2.41 bits per heavy atom. The first-order valence-electron chi connectivity index (χ1n) is 9.75. The first-order chi connectivity index (χ1) is 13.8. The Labute approximate surface area is 172 Å². The zero-order chi connectivity index (χ0) is 21.2. The number of anilines is 1. The molecule has 0 fully saturated rings. The number of hydrogen-bond acceptors (Lipinski definition) is 4. The van der Waals surface area contributed by atoms with Gasteiger partial charge in [-0.3, -0.25) is 9.59 Å². The number of nitrogens with zero attached hydrogens (tertiary/aromatic N) is 1. The van der Waals surface area contributed by atoms with Crippen molar-refractivity contribution < 1.29 is 14.3 Å². The predicted octanol–water partition coefficient (Wildman–Crippen LogP) is 4.21. The van der Waals surface area contributed by atoms with Gasteiger partial charge in [-0.15, -0.1) is 0 Å². The van der Waals surface area contributed by atoms with Crippen molar-refractivity contribution in [2.24, 2.45) is 11.0 Å². The van der Waals surface area contributed by atoms with Gasteiger partial charge < -0.3 is 10.1 Å². The van der Waals surface area contributed by atoms with E-state index in [9.17, 15) is 9.59 Å². The van der Waals surface area contributed by atoms with Crippen molar-refractivity contribution in [3.05, 3.63) is 59.2 Å². The average Bonchev–Trinajstić information content (AvgIpc) is 2.68. The second kappa shape index (κ2) is 11.0. The summed E-state index contributed by atoms with van der Waals surface area (Å²) in [7, 11) is 0. The summed E-state index contributed by atoms with van der Waals surface area (Å²) in [5, 5.41) is 6.78. The maximum atomic E-state index is 12.1. The molecule has 29 heavy (non-hydrogen) atoms. The Bertz CT molecular complexity index is 858. The fourth-order valence-electron chi connectivity index (χ4n) is 2.46. The lowest BCUT2D eigenvalue weighted by atomic mass is 10.1. The van der Waals surface area contributed by atoms with E-state index in [1.165, 1.54) is 0 Å². The van der Waals surface area contributed by atoms with Crippen molar-refractivity contribution in [3.8, 4) is 5.75 Å². The average molecular weight is 396 g/mol. The molecule has 154 valence electrons. The van der Waals surface area contributed by atoms with Crippen LogP contribution in [0.25, 0.3) is 0 Å². The summed E-state index contributed by atoms with van der Waals surface area (Å²) in [6.45, 7) is 8.75. The van der Waals surface area contributed by atoms with Crippen LogP contribution >= 0.6 is 0 Å². The second-order valence-corrected chi connectivity index (χ2v) is 7.43. The van der Waals surface area contributed by atoms with Crippen molar-refractivity contribution in [2.75, 3.05) is 11.9 Å². The minimum atomic E-state index is -0.311. The summed E-state index contributed by atoms with van der Waals surface area (Å²) in [6.07, 6.45) is 1.72. The third-order valence-electron chi connectivity index (χ3n) is 4.11. The number of nitrogens with one attached hydrogen (secondary N) is 2. The number of carbonyl (C=O) groups excluding carboxylic acids is 2. The summed E-state index contributed by atoms with van der Waals surface area (Å²) < 4.78 is 5.62. The summed E-state index contributed by atoms with van der Waals surface area (Å²) in [5.41, 5.74) is 6.11. The Kier molecular flexibility index (Phi) is 8.40. The normalized spacial score (nSPS) is 10.9. The van der Waals surface area contributed by atoms with Crippen molar-refractivity contribution in [2.45, 2.75) is 40.5 Å². The molecule has 6 heteroatoms. The van der Waals surface area contributed by atoms with Crippen LogP contribution in [0, 0.1) is 19.8 Å². The molecule has 2 amide bonds. The molecule has 2 rings (SSSR count). The number of ether oxygens (including phenoxy) is 1. The maximum Gasteiger partial charge on any atom is 0.240 e. The monoisotopic (exact) mass is 395 g/mol. The number of benzene rings is 2. The van der Waals surface area contributed by atoms with Gasteiger partial charge in [0.2, 0.25) is 11.8 Å². The van der Waals surface area contributed by atoms with Crippen LogP contribution in [0.4, 0.5) is 5.69 Å². The van der Waals surface area contributed by atoms with Crippen LogP contribution in [0.1, 0.15) is 43.4 Å². The summed E-state index contributed by atoms with van der Waals surface area (Å²) in [4.78, 5) is 24.0. The molecule has 0 unspecified atom stereocenters. The van der Waals surface area contributed by atoms with E-state index in [-0.39, 0.29) is 24.7 Å². The minimum Gasteiger partial charge on any atom is -0.493 e. The summed E-state index contributed by atoms with van der Waals surface area (Å²) in [6, 6.07) is 13.3. The molecule has 0 atom stereocenters. The fraction of sp³-hybridized carbons (Fsp3) is 0.348. The number of carbonyl (C=O) groups is 2. The maximum absolute atomic E-state index is 12.1. The van der Waals surface area contributed by atoms with Crippen LogP contribution in [-0.4, -0.2) is 24.6 Å². The predicted molar refractivity (Wildman–Crippen MR) is 116 cm³/mol. The standard InChI is InChI=1S/C23H29N3O3/c1-16(2)15-29-20-9-7-19(8-10-20)14-24-26-23(28)12-11-22(27)25-21-13-17(3)5-6-18(21)4/h5-10,13-14,16H,11-12,15H2,1-4H3,(H,25,27)(H,26,28). The van der Waals surface area contributed by atoms with E-state index < -0.39 is 0 Å². The molecule has 0 aliphatic carbocycles.